The van der Waals surface area contributed by atoms with Gasteiger partial charge in [-0.2, -0.15) is 0 Å². The minimum Gasteiger partial charge on any atom is -0.497 e. The van der Waals surface area contributed by atoms with E-state index in [4.69, 9.17) is 4.74 Å². The van der Waals surface area contributed by atoms with Gasteiger partial charge in [-0.3, -0.25) is 0 Å². The number of carbonyl (C=O) groups is 1. The molecule has 2 fully saturated rings. The van der Waals surface area contributed by atoms with Crippen LogP contribution in [-0.2, 0) is 16.4 Å². The van der Waals surface area contributed by atoms with Crippen LogP contribution in [-0.4, -0.2) is 50.3 Å². The van der Waals surface area contributed by atoms with Crippen molar-refractivity contribution < 1.29 is 17.9 Å². The van der Waals surface area contributed by atoms with Crippen molar-refractivity contribution in [2.24, 2.45) is 0 Å². The summed E-state index contributed by atoms with van der Waals surface area (Å²) < 4.78 is 30.2. The number of sulfonamides is 1. The van der Waals surface area contributed by atoms with Crippen molar-refractivity contribution in [3.05, 3.63) is 65.2 Å². The molecule has 2 amide bonds. The molecule has 1 N–H and O–H groups in total. The molecule has 4 rings (SSSR count). The number of benzene rings is 2. The summed E-state index contributed by atoms with van der Waals surface area (Å²) in [4.78, 5) is 17.5. The average molecular weight is 472 g/mol. The molecule has 0 aromatic heterocycles. The van der Waals surface area contributed by atoms with Gasteiger partial charge in [-0.25, -0.2) is 18.2 Å². The molecule has 178 valence electrons. The molecular formula is C25H33N3O4S. The monoisotopic (exact) mass is 471 g/mol. The normalized spacial score (nSPS) is 18.7. The van der Waals surface area contributed by atoms with Crippen LogP contribution in [0.15, 0.2) is 48.5 Å². The third kappa shape index (κ3) is 5.86. The lowest BCUT2D eigenvalue weighted by molar-refractivity contribution is 0.182. The van der Waals surface area contributed by atoms with Gasteiger partial charge in [0.05, 0.1) is 25.4 Å². The van der Waals surface area contributed by atoms with Crippen molar-refractivity contribution in [2.75, 3.05) is 26.0 Å². The Labute approximate surface area is 196 Å². The van der Waals surface area contributed by atoms with Crippen LogP contribution < -0.4 is 9.57 Å². The third-order valence-electron chi connectivity index (χ3n) is 6.39. The summed E-state index contributed by atoms with van der Waals surface area (Å²) in [6.45, 7) is 2.72. The predicted octanol–water partition coefficient (Wildman–Crippen LogP) is 4.23. The Morgan fingerprint density at radius 3 is 2.30 bits per heavy atom. The van der Waals surface area contributed by atoms with E-state index >= 15 is 0 Å². The van der Waals surface area contributed by atoms with Crippen LogP contribution >= 0.6 is 0 Å². The highest BCUT2D eigenvalue weighted by Crippen LogP contribution is 2.40. The van der Waals surface area contributed by atoms with E-state index in [1.807, 2.05) is 31.2 Å². The van der Waals surface area contributed by atoms with Gasteiger partial charge in [0.25, 0.3) is 0 Å². The van der Waals surface area contributed by atoms with Crippen molar-refractivity contribution in [1.29, 1.82) is 0 Å². The Morgan fingerprint density at radius 2 is 1.70 bits per heavy atom. The minimum absolute atomic E-state index is 0.0138. The van der Waals surface area contributed by atoms with Crippen molar-refractivity contribution in [1.82, 2.24) is 14.7 Å². The Balaban J connectivity index is 1.51. The number of hydrazine groups is 1. The van der Waals surface area contributed by atoms with E-state index in [0.717, 1.165) is 23.3 Å². The first kappa shape index (κ1) is 23.6. The van der Waals surface area contributed by atoms with Crippen LogP contribution in [0.25, 0.3) is 0 Å². The van der Waals surface area contributed by atoms with E-state index in [-0.39, 0.29) is 24.4 Å². The Morgan fingerprint density at radius 1 is 1.03 bits per heavy atom. The minimum atomic E-state index is -3.56. The standard InChI is InChI=1S/C25H33N3O4S/c1-3-4-17-33(30,31)26-28-18-24(22-11-9-21(10-12-22)20-7-8-20)27(25(28)29)16-15-19-5-13-23(32-2)14-6-19/h5-6,9-14,20,24,26H,3-4,7-8,15-18H2,1-2H3. The predicted molar refractivity (Wildman–Crippen MR) is 128 cm³/mol. The fourth-order valence-electron chi connectivity index (χ4n) is 4.25. The maximum Gasteiger partial charge on any atom is 0.335 e. The summed E-state index contributed by atoms with van der Waals surface area (Å²) in [5.41, 5.74) is 3.45. The van der Waals surface area contributed by atoms with Gasteiger partial charge in [0.15, 0.2) is 0 Å². The average Bonchev–Trinajstić information content (AvgIpc) is 3.63. The second kappa shape index (κ2) is 10.1. The molecule has 1 aliphatic heterocycles. The van der Waals surface area contributed by atoms with Gasteiger partial charge in [-0.15, -0.1) is 4.83 Å². The Hall–Kier alpha value is -2.58. The first-order chi connectivity index (χ1) is 15.9. The summed E-state index contributed by atoms with van der Waals surface area (Å²) in [6.07, 6.45) is 4.48. The van der Waals surface area contributed by atoms with Gasteiger partial charge in [-0.05, 0) is 60.4 Å². The van der Waals surface area contributed by atoms with Gasteiger partial charge >= 0.3 is 6.03 Å². The summed E-state index contributed by atoms with van der Waals surface area (Å²) in [7, 11) is -1.93. The van der Waals surface area contributed by atoms with Gasteiger partial charge in [0.2, 0.25) is 10.0 Å². The molecule has 1 saturated carbocycles. The quantitative estimate of drug-likeness (QED) is 0.532. The first-order valence-electron chi connectivity index (χ1n) is 11.7. The molecule has 7 nitrogen and oxygen atoms in total. The lowest BCUT2D eigenvalue weighted by Gasteiger charge is -2.23. The van der Waals surface area contributed by atoms with E-state index in [1.165, 1.54) is 23.4 Å². The highest BCUT2D eigenvalue weighted by Gasteiger charge is 2.39. The molecule has 0 spiro atoms. The van der Waals surface area contributed by atoms with Crippen LogP contribution in [0, 0.1) is 0 Å². The third-order valence-corrected chi connectivity index (χ3v) is 7.72. The van der Waals surface area contributed by atoms with Crippen molar-refractivity contribution in [3.8, 4) is 5.75 Å². The summed E-state index contributed by atoms with van der Waals surface area (Å²) in [5.74, 6) is 1.47. The number of nitrogens with zero attached hydrogens (tertiary/aromatic N) is 2. The van der Waals surface area contributed by atoms with E-state index in [2.05, 4.69) is 29.1 Å². The van der Waals surface area contributed by atoms with E-state index in [1.54, 1.807) is 12.0 Å². The van der Waals surface area contributed by atoms with Crippen LogP contribution in [0.5, 0.6) is 5.75 Å². The number of carbonyl (C=O) groups excluding carboxylic acids is 1. The maximum absolute atomic E-state index is 13.3. The highest BCUT2D eigenvalue weighted by atomic mass is 32.2. The molecule has 0 radical (unpaired) electrons. The molecule has 1 heterocycles. The number of urea groups is 1. The van der Waals surface area contributed by atoms with Gasteiger partial charge in [-0.1, -0.05) is 49.7 Å². The second-order valence-electron chi connectivity index (χ2n) is 8.91. The molecule has 33 heavy (non-hydrogen) atoms. The molecule has 2 aromatic rings. The zero-order chi connectivity index (χ0) is 23.4. The number of hydrogen-bond acceptors (Lipinski definition) is 4. The molecule has 1 aliphatic carbocycles. The molecule has 1 saturated heterocycles. The number of amides is 2. The number of ether oxygens (including phenoxy) is 1. The number of nitrogens with one attached hydrogen (secondary N) is 1. The molecule has 1 atom stereocenters. The maximum atomic E-state index is 13.3. The van der Waals surface area contributed by atoms with Gasteiger partial charge in [0.1, 0.15) is 5.75 Å². The van der Waals surface area contributed by atoms with E-state index in [9.17, 15) is 13.2 Å². The number of hydrogen-bond donors (Lipinski definition) is 1. The number of rotatable bonds is 11. The first-order valence-corrected chi connectivity index (χ1v) is 13.4. The second-order valence-corrected chi connectivity index (χ2v) is 10.7. The topological polar surface area (TPSA) is 79.0 Å². The Bertz CT molecular complexity index is 1050. The van der Waals surface area contributed by atoms with Crippen LogP contribution in [0.3, 0.4) is 0 Å². The molecular weight excluding hydrogens is 438 g/mol. The Kier molecular flexibility index (Phi) is 7.24. The summed E-state index contributed by atoms with van der Waals surface area (Å²) >= 11 is 0. The molecule has 2 aliphatic rings. The fraction of sp³-hybridized carbons (Fsp3) is 0.480. The van der Waals surface area contributed by atoms with Crippen molar-refractivity contribution >= 4 is 16.1 Å². The van der Waals surface area contributed by atoms with Crippen LogP contribution in [0.1, 0.15) is 61.3 Å². The van der Waals surface area contributed by atoms with Gasteiger partial charge in [0, 0.05) is 6.54 Å². The lowest BCUT2D eigenvalue weighted by Crippen LogP contribution is -2.45. The molecule has 1 unspecified atom stereocenters. The summed E-state index contributed by atoms with van der Waals surface area (Å²) in [5, 5.41) is 1.26. The van der Waals surface area contributed by atoms with Crippen molar-refractivity contribution in [3.63, 3.8) is 0 Å². The fourth-order valence-corrected chi connectivity index (χ4v) is 5.50. The van der Waals surface area contributed by atoms with Crippen LogP contribution in [0.4, 0.5) is 4.79 Å². The van der Waals surface area contributed by atoms with E-state index in [0.29, 0.717) is 25.3 Å². The van der Waals surface area contributed by atoms with Crippen molar-refractivity contribution in [2.45, 2.75) is 51.0 Å². The highest BCUT2D eigenvalue weighted by molar-refractivity contribution is 7.89. The molecule has 0 bridgehead atoms. The zero-order valence-electron chi connectivity index (χ0n) is 19.4. The zero-order valence-corrected chi connectivity index (χ0v) is 20.2. The molecule has 8 heteroatoms. The van der Waals surface area contributed by atoms with Gasteiger partial charge < -0.3 is 9.64 Å². The number of methoxy groups -OCH3 is 1. The summed E-state index contributed by atoms with van der Waals surface area (Å²) in [6, 6.07) is 15.7. The molecule has 2 aromatic carbocycles. The smallest absolute Gasteiger partial charge is 0.335 e. The largest absolute Gasteiger partial charge is 0.497 e. The van der Waals surface area contributed by atoms with Crippen LogP contribution in [0.2, 0.25) is 0 Å². The lowest BCUT2D eigenvalue weighted by atomic mass is 10.0. The number of unbranched alkanes of at least 4 members (excludes halogenated alkanes) is 1. The SMILES string of the molecule is CCCCS(=O)(=O)NN1CC(c2ccc(C3CC3)cc2)N(CCc2ccc(OC)cc2)C1=O. The van der Waals surface area contributed by atoms with E-state index < -0.39 is 10.0 Å².